The first-order valence-electron chi connectivity index (χ1n) is 15.6. The smallest absolute Gasteiger partial charge is 0.338 e. The number of carbonyl (C=O) groups is 1. The van der Waals surface area contributed by atoms with E-state index >= 15 is 0 Å². The first kappa shape index (κ1) is 33.7. The largest absolute Gasteiger partial charge is 0.494 e. The van der Waals surface area contributed by atoms with Gasteiger partial charge in [0.05, 0.1) is 47.2 Å². The zero-order chi connectivity index (χ0) is 34.5. The van der Waals surface area contributed by atoms with Crippen LogP contribution in [0.2, 0.25) is 5.02 Å². The third-order valence-electron chi connectivity index (χ3n) is 7.76. The maximum atomic E-state index is 14.3. The summed E-state index contributed by atoms with van der Waals surface area (Å²) in [6, 6.07) is 25.4. The van der Waals surface area contributed by atoms with Gasteiger partial charge in [0.2, 0.25) is 0 Å². The normalized spacial score (nSPS) is 14.2. The summed E-state index contributed by atoms with van der Waals surface area (Å²) in [4.78, 5) is 33.3. The third-order valence-corrected chi connectivity index (χ3v) is 9.02. The van der Waals surface area contributed by atoms with Crippen molar-refractivity contribution < 1.29 is 28.1 Å². The summed E-state index contributed by atoms with van der Waals surface area (Å²) in [6.45, 7) is 4.22. The van der Waals surface area contributed by atoms with E-state index in [1.807, 2.05) is 61.5 Å². The number of aromatic nitrogens is 1. The average molecular weight is 699 g/mol. The van der Waals surface area contributed by atoms with Crippen LogP contribution in [0.3, 0.4) is 0 Å². The number of esters is 1. The highest BCUT2D eigenvalue weighted by Crippen LogP contribution is 2.38. The molecule has 1 atom stereocenters. The molecule has 0 amide bonds. The SMILES string of the molecule is CCOC(=O)C1=C(c2ccccc2)N=c2s/c(=C\c3cc(Cl)c(OCc4ccccc4F)c(OC)c3)c(=O)n2[C@@H]1c1ccc(OCC)cc1. The average Bonchev–Trinajstić information content (AvgIpc) is 3.42. The standard InChI is InChI=1S/C38H32ClFN2O6S/c1-4-46-27-17-15-25(16-18-27)34-32(37(44)47-5-2)33(24-11-7-6-8-12-24)41-38-42(34)36(43)31(49-38)21-23-19-28(39)35(30(20-23)45-3)48-22-26-13-9-10-14-29(26)40/h6-21,34H,4-5,22H2,1-3H3/b31-21-/t34-/m1/s1. The quantitative estimate of drug-likeness (QED) is 0.143. The number of rotatable bonds is 11. The Bertz CT molecular complexity index is 2210. The van der Waals surface area contributed by atoms with Crippen LogP contribution in [0.25, 0.3) is 11.8 Å². The number of methoxy groups -OCH3 is 1. The lowest BCUT2D eigenvalue weighted by Crippen LogP contribution is -2.40. The molecule has 2 heterocycles. The zero-order valence-electron chi connectivity index (χ0n) is 26.9. The van der Waals surface area contributed by atoms with Crippen LogP contribution in [-0.4, -0.2) is 30.9 Å². The summed E-state index contributed by atoms with van der Waals surface area (Å²) in [5, 5.41) is 0.220. The first-order valence-corrected chi connectivity index (χ1v) is 16.8. The van der Waals surface area contributed by atoms with E-state index in [9.17, 15) is 14.0 Å². The number of benzene rings is 4. The van der Waals surface area contributed by atoms with Crippen molar-refractivity contribution in [1.29, 1.82) is 0 Å². The van der Waals surface area contributed by atoms with Crippen LogP contribution in [0.1, 0.15) is 42.1 Å². The maximum Gasteiger partial charge on any atom is 0.338 e. The minimum atomic E-state index is -0.837. The monoisotopic (exact) mass is 698 g/mol. The van der Waals surface area contributed by atoms with Gasteiger partial charge in [0.25, 0.3) is 5.56 Å². The van der Waals surface area contributed by atoms with Crippen molar-refractivity contribution in [2.75, 3.05) is 20.3 Å². The Morgan fingerprint density at radius 3 is 2.41 bits per heavy atom. The highest BCUT2D eigenvalue weighted by Gasteiger charge is 2.35. The number of nitrogens with zero attached hydrogens (tertiary/aromatic N) is 2. The van der Waals surface area contributed by atoms with Gasteiger partial charge in [-0.3, -0.25) is 9.36 Å². The van der Waals surface area contributed by atoms with Gasteiger partial charge < -0.3 is 18.9 Å². The molecular weight excluding hydrogens is 667 g/mol. The molecule has 1 aliphatic heterocycles. The van der Waals surface area contributed by atoms with Gasteiger partial charge in [-0.25, -0.2) is 14.2 Å². The fraction of sp³-hybridized carbons (Fsp3) is 0.184. The summed E-state index contributed by atoms with van der Waals surface area (Å²) in [5.74, 6) is 0.255. The lowest BCUT2D eigenvalue weighted by Gasteiger charge is -2.26. The molecule has 0 saturated carbocycles. The van der Waals surface area contributed by atoms with Crippen molar-refractivity contribution in [2.45, 2.75) is 26.5 Å². The molecule has 49 heavy (non-hydrogen) atoms. The second-order valence-corrected chi connectivity index (χ2v) is 12.3. The molecule has 0 unspecified atom stereocenters. The molecular formula is C38H32ClFN2O6S. The Morgan fingerprint density at radius 2 is 1.71 bits per heavy atom. The summed E-state index contributed by atoms with van der Waals surface area (Å²) < 4.78 is 38.7. The second kappa shape index (κ2) is 14.9. The molecule has 0 aliphatic carbocycles. The van der Waals surface area contributed by atoms with Gasteiger partial charge >= 0.3 is 5.97 Å². The maximum absolute atomic E-state index is 14.3. The van der Waals surface area contributed by atoms with Crippen LogP contribution in [0.5, 0.6) is 17.2 Å². The molecule has 0 bridgehead atoms. The second-order valence-electron chi connectivity index (χ2n) is 10.8. The molecule has 8 nitrogen and oxygen atoms in total. The fourth-order valence-corrected chi connectivity index (χ4v) is 6.82. The summed E-state index contributed by atoms with van der Waals surface area (Å²) >= 11 is 7.84. The molecule has 0 saturated heterocycles. The first-order chi connectivity index (χ1) is 23.8. The number of hydrogen-bond donors (Lipinski definition) is 0. The Hall–Kier alpha value is -5.19. The molecule has 1 aromatic heterocycles. The van der Waals surface area contributed by atoms with E-state index in [4.69, 9.17) is 35.5 Å². The third kappa shape index (κ3) is 7.02. The van der Waals surface area contributed by atoms with E-state index in [0.717, 1.165) is 0 Å². The summed E-state index contributed by atoms with van der Waals surface area (Å²) in [7, 11) is 1.47. The molecule has 1 aliphatic rings. The van der Waals surface area contributed by atoms with E-state index < -0.39 is 17.8 Å². The molecule has 11 heteroatoms. The van der Waals surface area contributed by atoms with Crippen molar-refractivity contribution in [3.63, 3.8) is 0 Å². The van der Waals surface area contributed by atoms with Crippen molar-refractivity contribution in [3.05, 3.63) is 149 Å². The molecule has 0 spiro atoms. The van der Waals surface area contributed by atoms with E-state index in [0.29, 0.717) is 55.4 Å². The van der Waals surface area contributed by atoms with Crippen molar-refractivity contribution in [3.8, 4) is 17.2 Å². The van der Waals surface area contributed by atoms with E-state index in [1.54, 1.807) is 43.3 Å². The topological polar surface area (TPSA) is 88.4 Å². The highest BCUT2D eigenvalue weighted by molar-refractivity contribution is 7.07. The number of halogens is 2. The number of ether oxygens (including phenoxy) is 4. The van der Waals surface area contributed by atoms with Gasteiger partial charge in [0.1, 0.15) is 18.2 Å². The molecule has 4 aromatic carbocycles. The number of hydrogen-bond acceptors (Lipinski definition) is 8. The van der Waals surface area contributed by atoms with Crippen molar-refractivity contribution in [1.82, 2.24) is 4.57 Å². The van der Waals surface area contributed by atoms with E-state index in [1.165, 1.54) is 29.1 Å². The highest BCUT2D eigenvalue weighted by atomic mass is 35.5. The van der Waals surface area contributed by atoms with Crippen LogP contribution in [0, 0.1) is 5.82 Å². The minimum Gasteiger partial charge on any atom is -0.494 e. The lowest BCUT2D eigenvalue weighted by molar-refractivity contribution is -0.138. The van der Waals surface area contributed by atoms with Gasteiger partial charge in [-0.05, 0) is 61.4 Å². The Labute approximate surface area is 291 Å². The molecule has 6 rings (SSSR count). The van der Waals surface area contributed by atoms with Gasteiger partial charge in [-0.2, -0.15) is 0 Å². The van der Waals surface area contributed by atoms with Crippen molar-refractivity contribution >= 4 is 40.7 Å². The van der Waals surface area contributed by atoms with Gasteiger partial charge in [-0.1, -0.05) is 83.6 Å². The Balaban J connectivity index is 1.49. The van der Waals surface area contributed by atoms with Crippen LogP contribution in [0.15, 0.2) is 106 Å². The van der Waals surface area contributed by atoms with Gasteiger partial charge in [0, 0.05) is 11.1 Å². The number of carbonyl (C=O) groups excluding carboxylic acids is 1. The van der Waals surface area contributed by atoms with Crippen LogP contribution in [0.4, 0.5) is 4.39 Å². The minimum absolute atomic E-state index is 0.0568. The van der Waals surface area contributed by atoms with Gasteiger partial charge in [0.15, 0.2) is 16.3 Å². The number of thiazole rings is 1. The van der Waals surface area contributed by atoms with Crippen LogP contribution >= 0.6 is 22.9 Å². The van der Waals surface area contributed by atoms with E-state index in [-0.39, 0.29) is 35.1 Å². The fourth-order valence-electron chi connectivity index (χ4n) is 5.55. The molecule has 0 N–H and O–H groups in total. The summed E-state index contributed by atoms with van der Waals surface area (Å²) in [6.07, 6.45) is 1.68. The predicted molar refractivity (Wildman–Crippen MR) is 187 cm³/mol. The van der Waals surface area contributed by atoms with E-state index in [2.05, 4.69) is 0 Å². The van der Waals surface area contributed by atoms with Crippen LogP contribution in [-0.2, 0) is 16.1 Å². The summed E-state index contributed by atoms with van der Waals surface area (Å²) in [5.41, 5.74) is 2.64. The Morgan fingerprint density at radius 1 is 0.980 bits per heavy atom. The van der Waals surface area contributed by atoms with Crippen LogP contribution < -0.4 is 29.1 Å². The number of fused-ring (bicyclic) bond motifs is 1. The lowest BCUT2D eigenvalue weighted by atomic mass is 9.93. The molecule has 250 valence electrons. The predicted octanol–water partition coefficient (Wildman–Crippen LogP) is 6.71. The van der Waals surface area contributed by atoms with Gasteiger partial charge in [-0.15, -0.1) is 0 Å². The molecule has 0 radical (unpaired) electrons. The molecule has 0 fully saturated rings. The zero-order valence-corrected chi connectivity index (χ0v) is 28.5. The Kier molecular flexibility index (Phi) is 10.3. The molecule has 5 aromatic rings. The van der Waals surface area contributed by atoms with Crippen molar-refractivity contribution in [2.24, 2.45) is 4.99 Å².